The summed E-state index contributed by atoms with van der Waals surface area (Å²) < 4.78 is 1.54. The van der Waals surface area contributed by atoms with Crippen LogP contribution in [-0.4, -0.2) is 25.6 Å². The fourth-order valence-electron chi connectivity index (χ4n) is 1.96. The molecule has 0 saturated heterocycles. The normalized spacial score (nSPS) is 10.8. The van der Waals surface area contributed by atoms with Gasteiger partial charge in [-0.15, -0.1) is 12.2 Å². The van der Waals surface area contributed by atoms with Gasteiger partial charge in [0.1, 0.15) is 5.82 Å². The largest absolute Gasteiger partial charge is 1.00 e. The van der Waals surface area contributed by atoms with E-state index in [4.69, 9.17) is 0 Å². The molecule has 3 heterocycles. The second-order valence-electron chi connectivity index (χ2n) is 5.45. The van der Waals surface area contributed by atoms with Crippen LogP contribution >= 0.6 is 0 Å². The summed E-state index contributed by atoms with van der Waals surface area (Å²) in [6, 6.07) is 8.73. The first-order valence-electron chi connectivity index (χ1n) is 7.96. The Labute approximate surface area is 180 Å². The molecular weight excluding hydrogens is 353 g/mol. The van der Waals surface area contributed by atoms with E-state index in [0.717, 1.165) is 17.2 Å². The Hall–Kier alpha value is -2.22. The van der Waals surface area contributed by atoms with E-state index in [-0.39, 0.29) is 46.7 Å². The van der Waals surface area contributed by atoms with E-state index in [1.165, 1.54) is 6.07 Å². The first kappa shape index (κ1) is 22.8. The summed E-state index contributed by atoms with van der Waals surface area (Å²) in [5, 5.41) is 3.11. The van der Waals surface area contributed by atoms with E-state index in [2.05, 4.69) is 40.3 Å². The Morgan fingerprint density at radius 1 is 1.26 bits per heavy atom. The van der Waals surface area contributed by atoms with Crippen molar-refractivity contribution in [2.24, 2.45) is 0 Å². The Balaban J connectivity index is 0.000000342. The molecule has 3 aromatic heterocycles. The molecule has 0 amide bonds. The van der Waals surface area contributed by atoms with Crippen LogP contribution in [-0.2, 0) is 0 Å². The molecule has 1 atom stereocenters. The van der Waals surface area contributed by atoms with Crippen molar-refractivity contribution in [2.75, 3.05) is 5.32 Å². The van der Waals surface area contributed by atoms with Crippen molar-refractivity contribution >= 4 is 5.82 Å². The van der Waals surface area contributed by atoms with Crippen molar-refractivity contribution < 1.29 is 29.6 Å². The van der Waals surface area contributed by atoms with Gasteiger partial charge < -0.3 is 29.1 Å². The predicted molar refractivity (Wildman–Crippen MR) is 101 cm³/mol. The average molecular weight is 373 g/mol. The zero-order valence-electron chi connectivity index (χ0n) is 15.5. The minimum absolute atomic E-state index is 0. The van der Waals surface area contributed by atoms with E-state index in [1.54, 1.807) is 36.1 Å². The molecule has 0 spiro atoms. The van der Waals surface area contributed by atoms with Crippen molar-refractivity contribution in [3.8, 4) is 5.69 Å². The van der Waals surface area contributed by atoms with E-state index in [9.17, 15) is 9.59 Å². The Bertz CT molecular complexity index is 937. The van der Waals surface area contributed by atoms with Crippen molar-refractivity contribution in [3.05, 3.63) is 95.4 Å². The van der Waals surface area contributed by atoms with Crippen LogP contribution in [0.1, 0.15) is 12.1 Å². The molecule has 3 aromatic rings. The smallest absolute Gasteiger partial charge is 0.452 e. The molecule has 0 aliphatic rings. The zero-order valence-corrected chi connectivity index (χ0v) is 17.5. The van der Waals surface area contributed by atoms with Crippen LogP contribution in [0.2, 0.25) is 0 Å². The van der Waals surface area contributed by atoms with E-state index < -0.39 is 0 Å². The van der Waals surface area contributed by atoms with Crippen LogP contribution < -0.4 is 46.0 Å². The maximum atomic E-state index is 11.6. The van der Waals surface area contributed by atoms with Gasteiger partial charge in [-0.2, -0.15) is 6.42 Å². The second-order valence-corrected chi connectivity index (χ2v) is 5.45. The van der Waals surface area contributed by atoms with Crippen LogP contribution in [0.5, 0.6) is 0 Å². The summed E-state index contributed by atoms with van der Waals surface area (Å²) in [6.45, 7) is 9.40. The van der Waals surface area contributed by atoms with E-state index in [0.29, 0.717) is 6.42 Å². The van der Waals surface area contributed by atoms with Crippen LogP contribution in [0.15, 0.2) is 58.5 Å². The second kappa shape index (κ2) is 11.5. The monoisotopic (exact) mass is 373 g/mol. The van der Waals surface area contributed by atoms with Gasteiger partial charge in [-0.05, 0) is 25.1 Å². The number of rotatable bonds is 4. The van der Waals surface area contributed by atoms with Crippen molar-refractivity contribution in [2.45, 2.75) is 19.4 Å². The van der Waals surface area contributed by atoms with E-state index >= 15 is 0 Å². The summed E-state index contributed by atoms with van der Waals surface area (Å²) >= 11 is 0. The predicted octanol–water partition coefficient (Wildman–Crippen LogP) is -1.05. The van der Waals surface area contributed by atoms with Gasteiger partial charge in [0.25, 0.3) is 5.56 Å². The first-order valence-corrected chi connectivity index (χ1v) is 7.96. The minimum Gasteiger partial charge on any atom is -0.452 e. The number of nitrogens with one attached hydrogen (secondary N) is 2. The molecule has 0 bridgehead atoms. The molecule has 2 N–H and O–H groups in total. The summed E-state index contributed by atoms with van der Waals surface area (Å²) in [5.74, 6) is 0.728. The molecule has 0 aliphatic heterocycles. The number of hydrogen-bond acceptors (Lipinski definition) is 5. The standard InChI is InChI=1S/C14H15N3O.C5H5N2O.Na/c1-3-11(2)16-13-8-7-12(10-15-13)17-9-5-4-6-14(17)18;1-4-2-6-3-5(8)7-4;/h4-11H,1-3H2,(H,15,16);2H,1H3,(H,7,8);/q-2;-1;+1. The average Bonchev–Trinajstić information content (AvgIpc) is 2.63. The number of anilines is 1. The third-order valence-electron chi connectivity index (χ3n) is 3.28. The molecule has 0 radical (unpaired) electrons. The van der Waals surface area contributed by atoms with Crippen LogP contribution in [0.3, 0.4) is 0 Å². The number of nitrogens with zero attached hydrogens (tertiary/aromatic N) is 3. The molecule has 1 unspecified atom stereocenters. The number of aromatic amines is 1. The maximum absolute atomic E-state index is 11.6. The minimum atomic E-state index is -0.273. The van der Waals surface area contributed by atoms with Gasteiger partial charge in [0, 0.05) is 12.3 Å². The number of H-pyrrole nitrogens is 1. The number of aryl methyl sites for hydroxylation is 1. The van der Waals surface area contributed by atoms with Gasteiger partial charge in [0.15, 0.2) is 5.56 Å². The summed E-state index contributed by atoms with van der Waals surface area (Å²) in [5.41, 5.74) is 1.15. The van der Waals surface area contributed by atoms with Gasteiger partial charge >= 0.3 is 29.6 Å². The van der Waals surface area contributed by atoms with Crippen molar-refractivity contribution in [3.63, 3.8) is 0 Å². The Morgan fingerprint density at radius 2 is 2.04 bits per heavy atom. The molecule has 8 heteroatoms. The molecule has 0 saturated carbocycles. The number of hydrogen-bond donors (Lipinski definition) is 2. The fraction of sp³-hybridized carbons (Fsp3) is 0.158. The fourth-order valence-corrected chi connectivity index (χ4v) is 1.96. The Kier molecular flexibility index (Phi) is 9.71. The van der Waals surface area contributed by atoms with Crippen LogP contribution in [0.4, 0.5) is 5.82 Å². The molecule has 7 nitrogen and oxygen atoms in total. The summed E-state index contributed by atoms with van der Waals surface area (Å²) in [6.07, 6.45) is 7.80. The molecule has 0 aromatic carbocycles. The number of pyridine rings is 2. The molecule has 0 fully saturated rings. The summed E-state index contributed by atoms with van der Waals surface area (Å²) in [7, 11) is 0. The first-order chi connectivity index (χ1) is 12.5. The third-order valence-corrected chi connectivity index (χ3v) is 3.28. The summed E-state index contributed by atoms with van der Waals surface area (Å²) in [4.78, 5) is 32.2. The van der Waals surface area contributed by atoms with Crippen molar-refractivity contribution in [1.82, 2.24) is 19.5 Å². The molecule has 0 aliphatic carbocycles. The van der Waals surface area contributed by atoms with Crippen LogP contribution in [0.25, 0.3) is 5.69 Å². The Morgan fingerprint density at radius 3 is 2.56 bits per heavy atom. The van der Waals surface area contributed by atoms with Gasteiger partial charge in [-0.1, -0.05) is 18.0 Å². The quantitative estimate of drug-likeness (QED) is 0.450. The molecule has 136 valence electrons. The van der Waals surface area contributed by atoms with Gasteiger partial charge in [0.2, 0.25) is 0 Å². The molecule has 3 rings (SSSR count). The number of aromatic nitrogens is 4. The van der Waals surface area contributed by atoms with Crippen molar-refractivity contribution in [1.29, 1.82) is 0 Å². The van der Waals surface area contributed by atoms with Gasteiger partial charge in [0.05, 0.1) is 11.9 Å². The molecular formula is C19H20N5NaO2-2. The molecule has 27 heavy (non-hydrogen) atoms. The SMILES string of the molecule is Cc1cn[c-]c(=O)[nH]1.[CH2-]CC([CH2-])Nc1ccc(-n2ccccc2=O)cn1.[Na+]. The van der Waals surface area contributed by atoms with E-state index in [1.807, 2.05) is 18.2 Å². The van der Waals surface area contributed by atoms with Gasteiger partial charge in [-0.3, -0.25) is 14.2 Å². The zero-order chi connectivity index (χ0) is 18.9. The maximum Gasteiger partial charge on any atom is 1.00 e. The van der Waals surface area contributed by atoms with Gasteiger partial charge in [-0.25, -0.2) is 4.98 Å². The topological polar surface area (TPSA) is 92.7 Å². The van der Waals surface area contributed by atoms with Crippen LogP contribution in [0, 0.1) is 27.0 Å². The third kappa shape index (κ3) is 7.50.